The molecule has 0 radical (unpaired) electrons. The Hall–Kier alpha value is -2.76. The van der Waals surface area contributed by atoms with Gasteiger partial charge in [-0.3, -0.25) is 0 Å². The van der Waals surface area contributed by atoms with Gasteiger partial charge in [0.05, 0.1) is 0 Å². The molecule has 0 amide bonds. The average molecular weight is 369 g/mol. The Balaban J connectivity index is 1.98. The van der Waals surface area contributed by atoms with Crippen LogP contribution in [0.25, 0.3) is 0 Å². The van der Waals surface area contributed by atoms with Crippen LogP contribution in [-0.4, -0.2) is 4.98 Å². The minimum absolute atomic E-state index is 0.998. The molecule has 0 atom stereocenters. The zero-order valence-electron chi connectivity index (χ0n) is 15.5. The molecule has 0 aliphatic carbocycles. The van der Waals surface area contributed by atoms with E-state index in [0.717, 1.165) is 11.9 Å². The number of benzene rings is 3. The molecule has 134 valence electrons. The van der Waals surface area contributed by atoms with Gasteiger partial charge in [0.2, 0.25) is 0 Å². The second kappa shape index (κ2) is 7.86. The maximum absolute atomic E-state index is 4.57. The first-order chi connectivity index (χ1) is 13.3. The van der Waals surface area contributed by atoms with Crippen molar-refractivity contribution in [1.82, 2.24) is 4.98 Å². The number of nitrogens with zero attached hydrogens (tertiary/aromatic N) is 1. The van der Waals surface area contributed by atoms with Crippen LogP contribution in [0.2, 0.25) is 0 Å². The number of aromatic nitrogens is 1. The van der Waals surface area contributed by atoms with E-state index in [-0.39, 0.29) is 0 Å². The van der Waals surface area contributed by atoms with Crippen molar-refractivity contribution in [3.8, 4) is 0 Å². The quantitative estimate of drug-likeness (QED) is 0.468. The van der Waals surface area contributed by atoms with Gasteiger partial charge in [-0.25, -0.2) is 0 Å². The third-order valence-electron chi connectivity index (χ3n) is 5.24. The molecular formula is C25H24NP. The standard InChI is InChI=1S/C25H24NP/c1-21-17-18-22(19-26-21)20-27(23-11-5-2-6-12-23,24-13-7-3-8-14-24)25-15-9-4-10-16-25/h2-19,27H,20H2,1H3. The molecule has 3 aromatic carbocycles. The van der Waals surface area contributed by atoms with Crippen LogP contribution in [0.5, 0.6) is 0 Å². The van der Waals surface area contributed by atoms with Crippen LogP contribution < -0.4 is 15.9 Å². The van der Waals surface area contributed by atoms with Crippen molar-refractivity contribution >= 4 is 23.2 Å². The van der Waals surface area contributed by atoms with Crippen LogP contribution in [0.4, 0.5) is 0 Å². The normalized spacial score (nSPS) is 11.9. The number of aryl methyl sites for hydroxylation is 1. The topological polar surface area (TPSA) is 12.9 Å². The SMILES string of the molecule is Cc1ccc(C[PH](c2ccccc2)(c2ccccc2)c2ccccc2)cn1. The van der Waals surface area contributed by atoms with Crippen LogP contribution in [0.15, 0.2) is 109 Å². The third-order valence-corrected chi connectivity index (χ3v) is 10.1. The Bertz CT molecular complexity index is 884. The molecule has 1 heterocycles. The summed E-state index contributed by atoms with van der Waals surface area (Å²) in [4.78, 5) is 4.57. The molecule has 0 spiro atoms. The summed E-state index contributed by atoms with van der Waals surface area (Å²) in [5.74, 6) is 0. The molecular weight excluding hydrogens is 345 g/mol. The second-order valence-electron chi connectivity index (χ2n) is 6.99. The first kappa shape index (κ1) is 17.6. The molecule has 27 heavy (non-hydrogen) atoms. The molecule has 4 rings (SSSR count). The molecule has 2 heteroatoms. The molecule has 0 fully saturated rings. The van der Waals surface area contributed by atoms with Crippen LogP contribution >= 0.6 is 7.26 Å². The zero-order valence-corrected chi connectivity index (χ0v) is 16.5. The molecule has 1 nitrogen and oxygen atoms in total. The minimum atomic E-state index is -2.22. The monoisotopic (exact) mass is 369 g/mol. The van der Waals surface area contributed by atoms with Crippen molar-refractivity contribution < 1.29 is 0 Å². The van der Waals surface area contributed by atoms with Crippen molar-refractivity contribution in [3.05, 3.63) is 121 Å². The molecule has 4 aromatic rings. The van der Waals surface area contributed by atoms with Crippen molar-refractivity contribution in [2.24, 2.45) is 0 Å². The third kappa shape index (κ3) is 3.56. The first-order valence-corrected chi connectivity index (χ1v) is 11.6. The van der Waals surface area contributed by atoms with Crippen molar-refractivity contribution in [3.63, 3.8) is 0 Å². The van der Waals surface area contributed by atoms with Gasteiger partial charge < -0.3 is 0 Å². The fourth-order valence-electron chi connectivity index (χ4n) is 3.88. The summed E-state index contributed by atoms with van der Waals surface area (Å²) in [6.07, 6.45) is 3.05. The number of pyridine rings is 1. The Kier molecular flexibility index (Phi) is 5.14. The summed E-state index contributed by atoms with van der Waals surface area (Å²) in [5.41, 5.74) is 2.36. The van der Waals surface area contributed by atoms with Crippen LogP contribution in [0.3, 0.4) is 0 Å². The Morgan fingerprint density at radius 3 is 1.41 bits per heavy atom. The van der Waals surface area contributed by atoms with E-state index in [1.165, 1.54) is 21.5 Å². The maximum atomic E-state index is 4.57. The summed E-state index contributed by atoms with van der Waals surface area (Å²) in [6, 6.07) is 37.4. The van der Waals surface area contributed by atoms with Crippen LogP contribution in [-0.2, 0) is 6.16 Å². The van der Waals surface area contributed by atoms with Crippen LogP contribution in [0, 0.1) is 6.92 Å². The van der Waals surface area contributed by atoms with E-state index in [2.05, 4.69) is 108 Å². The predicted molar refractivity (Wildman–Crippen MR) is 119 cm³/mol. The Labute approximate surface area is 162 Å². The summed E-state index contributed by atoms with van der Waals surface area (Å²) in [6.45, 7) is 2.04. The Morgan fingerprint density at radius 2 is 1.04 bits per heavy atom. The van der Waals surface area contributed by atoms with Gasteiger partial charge in [0, 0.05) is 0 Å². The number of rotatable bonds is 5. The summed E-state index contributed by atoms with van der Waals surface area (Å²) in [7, 11) is -2.22. The molecule has 1 aromatic heterocycles. The first-order valence-electron chi connectivity index (χ1n) is 9.37. The number of hydrogen-bond acceptors (Lipinski definition) is 1. The van der Waals surface area contributed by atoms with E-state index in [1.807, 2.05) is 13.1 Å². The van der Waals surface area contributed by atoms with Gasteiger partial charge in [-0.05, 0) is 0 Å². The van der Waals surface area contributed by atoms with E-state index in [9.17, 15) is 0 Å². The fraction of sp³-hybridized carbons (Fsp3) is 0.0800. The van der Waals surface area contributed by atoms with E-state index < -0.39 is 7.26 Å². The molecule has 0 aliphatic rings. The molecule has 0 bridgehead atoms. The van der Waals surface area contributed by atoms with Gasteiger partial charge in [-0.2, -0.15) is 0 Å². The van der Waals surface area contributed by atoms with Crippen molar-refractivity contribution in [2.45, 2.75) is 13.1 Å². The molecule has 0 unspecified atom stereocenters. The van der Waals surface area contributed by atoms with E-state index in [1.54, 1.807) is 0 Å². The summed E-state index contributed by atoms with van der Waals surface area (Å²) in [5, 5.41) is 4.30. The molecule has 0 N–H and O–H groups in total. The fourth-order valence-corrected chi connectivity index (χ4v) is 8.60. The molecule has 0 saturated carbocycles. The van der Waals surface area contributed by atoms with Gasteiger partial charge in [-0.15, -0.1) is 0 Å². The second-order valence-corrected chi connectivity index (χ2v) is 10.9. The van der Waals surface area contributed by atoms with E-state index in [0.29, 0.717) is 0 Å². The van der Waals surface area contributed by atoms with Gasteiger partial charge >= 0.3 is 162 Å². The van der Waals surface area contributed by atoms with E-state index >= 15 is 0 Å². The van der Waals surface area contributed by atoms with Gasteiger partial charge in [0.15, 0.2) is 0 Å². The van der Waals surface area contributed by atoms with Gasteiger partial charge in [0.1, 0.15) is 0 Å². The van der Waals surface area contributed by atoms with Gasteiger partial charge in [0.25, 0.3) is 0 Å². The predicted octanol–water partition coefficient (Wildman–Crippen LogP) is 4.62. The Morgan fingerprint density at radius 1 is 0.593 bits per heavy atom. The summed E-state index contributed by atoms with van der Waals surface area (Å²) < 4.78 is 0. The number of hydrogen-bond donors (Lipinski definition) is 0. The molecule has 0 aliphatic heterocycles. The zero-order chi connectivity index (χ0) is 18.5. The van der Waals surface area contributed by atoms with Crippen molar-refractivity contribution in [1.29, 1.82) is 0 Å². The van der Waals surface area contributed by atoms with E-state index in [4.69, 9.17) is 0 Å². The van der Waals surface area contributed by atoms with Crippen molar-refractivity contribution in [2.75, 3.05) is 0 Å². The van der Waals surface area contributed by atoms with Gasteiger partial charge in [-0.1, -0.05) is 0 Å². The molecule has 0 saturated heterocycles. The summed E-state index contributed by atoms with van der Waals surface area (Å²) >= 11 is 0. The average Bonchev–Trinajstić information content (AvgIpc) is 2.75. The van der Waals surface area contributed by atoms with Crippen LogP contribution in [0.1, 0.15) is 11.3 Å².